The molecule has 14 heteroatoms. The van der Waals surface area contributed by atoms with Gasteiger partial charge in [0, 0.05) is 6.92 Å². The maximum atomic E-state index is 13.6. The summed E-state index contributed by atoms with van der Waals surface area (Å²) in [5.41, 5.74) is 0. The van der Waals surface area contributed by atoms with Crippen molar-refractivity contribution in [3.05, 3.63) is 24.3 Å². The molecule has 1 aromatic carbocycles. The van der Waals surface area contributed by atoms with E-state index in [4.69, 9.17) is 23.3 Å². The molecule has 2 rings (SSSR count). The zero-order chi connectivity index (χ0) is 25.5. The summed E-state index contributed by atoms with van der Waals surface area (Å²) in [6, 6.07) is 4.80. The third-order valence-electron chi connectivity index (χ3n) is 4.85. The Balaban J connectivity index is 2.17. The third-order valence-corrected chi connectivity index (χ3v) is 6.75. The molecule has 1 amide bonds. The molecule has 6 atom stereocenters. The van der Waals surface area contributed by atoms with Crippen molar-refractivity contribution in [2.75, 3.05) is 33.9 Å². The molecule has 0 bridgehead atoms. The quantitative estimate of drug-likeness (QED) is 0.227. The Morgan fingerprint density at radius 2 is 1.76 bits per heavy atom. The summed E-state index contributed by atoms with van der Waals surface area (Å²) >= 11 is 0. The lowest BCUT2D eigenvalue weighted by atomic mass is 9.97. The van der Waals surface area contributed by atoms with Gasteiger partial charge in [0.05, 0.1) is 20.3 Å². The van der Waals surface area contributed by atoms with Crippen LogP contribution >= 0.6 is 7.75 Å². The Morgan fingerprint density at radius 3 is 2.32 bits per heavy atom. The monoisotopic (exact) mass is 506 g/mol. The number of carbonyl (C=O) groups is 2. The van der Waals surface area contributed by atoms with E-state index in [-0.39, 0.29) is 12.4 Å². The molecule has 1 aliphatic heterocycles. The molecule has 192 valence electrons. The normalized spacial score (nSPS) is 26.4. The molecule has 0 radical (unpaired) electrons. The van der Waals surface area contributed by atoms with E-state index < -0.39 is 63.4 Å². The van der Waals surface area contributed by atoms with Crippen LogP contribution in [-0.2, 0) is 28.2 Å². The lowest BCUT2D eigenvalue weighted by molar-refractivity contribution is -0.252. The first-order valence-corrected chi connectivity index (χ1v) is 11.9. The molecular formula is C20H31N2O11P. The maximum Gasteiger partial charge on any atom is 0.461 e. The average Bonchev–Trinajstić information content (AvgIpc) is 2.78. The van der Waals surface area contributed by atoms with Gasteiger partial charge in [-0.3, -0.25) is 14.1 Å². The third kappa shape index (κ3) is 7.37. The van der Waals surface area contributed by atoms with Crippen LogP contribution in [-0.4, -0.2) is 96.4 Å². The fourth-order valence-corrected chi connectivity index (χ4v) is 4.49. The van der Waals surface area contributed by atoms with Crippen molar-refractivity contribution in [1.82, 2.24) is 9.99 Å². The van der Waals surface area contributed by atoms with Gasteiger partial charge in [-0.05, 0) is 38.2 Å². The minimum absolute atomic E-state index is 0.116. The summed E-state index contributed by atoms with van der Waals surface area (Å²) in [7, 11) is -1.44. The topological polar surface area (TPSA) is 173 Å². The van der Waals surface area contributed by atoms with Crippen molar-refractivity contribution in [3.63, 3.8) is 0 Å². The van der Waals surface area contributed by atoms with Crippen molar-refractivity contribution in [2.24, 2.45) is 0 Å². The Morgan fingerprint density at radius 1 is 1.15 bits per heavy atom. The standard InChI is InChI=1S/C20H31N2O11P/c1-5-30-16(24)10-22(3)34(28,33-14-8-6-13(29-4)7-9-14)31-11-15-18(25)19(26)17(20(27)32-15)21-12(2)23/h6-9,15,17-20,25-27H,5,10-11H2,1-4H3,(H,21,23)/t15-,17-,18-,19-,20?,34?/m1/s1. The molecular weight excluding hydrogens is 475 g/mol. The number of aliphatic hydroxyl groups is 3. The highest BCUT2D eigenvalue weighted by atomic mass is 31.2. The van der Waals surface area contributed by atoms with Crippen LogP contribution in [0.4, 0.5) is 0 Å². The fraction of sp³-hybridized carbons (Fsp3) is 0.600. The number of benzene rings is 1. The second kappa shape index (κ2) is 12.5. The smallest absolute Gasteiger partial charge is 0.461 e. The van der Waals surface area contributed by atoms with Gasteiger partial charge in [-0.2, -0.15) is 4.67 Å². The lowest BCUT2D eigenvalue weighted by Crippen LogP contribution is -2.64. The first-order valence-electron chi connectivity index (χ1n) is 10.4. The lowest BCUT2D eigenvalue weighted by Gasteiger charge is -2.41. The Kier molecular flexibility index (Phi) is 10.3. The summed E-state index contributed by atoms with van der Waals surface area (Å²) in [5.74, 6) is -0.564. The van der Waals surface area contributed by atoms with Crippen molar-refractivity contribution in [3.8, 4) is 11.5 Å². The number of nitrogens with zero attached hydrogens (tertiary/aromatic N) is 1. The molecule has 1 heterocycles. The van der Waals surface area contributed by atoms with Crippen molar-refractivity contribution < 1.29 is 52.7 Å². The van der Waals surface area contributed by atoms with E-state index in [2.05, 4.69) is 5.32 Å². The molecule has 0 aliphatic carbocycles. The molecule has 1 aromatic rings. The minimum atomic E-state index is -4.24. The highest BCUT2D eigenvalue weighted by Gasteiger charge is 2.46. The van der Waals surface area contributed by atoms with Crippen LogP contribution in [0, 0.1) is 0 Å². The number of ether oxygens (including phenoxy) is 3. The molecule has 2 unspecified atom stereocenters. The van der Waals surface area contributed by atoms with E-state index in [9.17, 15) is 29.5 Å². The highest BCUT2D eigenvalue weighted by Crippen LogP contribution is 2.51. The Labute approximate surface area is 197 Å². The van der Waals surface area contributed by atoms with Gasteiger partial charge < -0.3 is 39.4 Å². The fourth-order valence-electron chi connectivity index (χ4n) is 3.09. The van der Waals surface area contributed by atoms with Crippen molar-refractivity contribution in [1.29, 1.82) is 0 Å². The molecule has 1 saturated heterocycles. The summed E-state index contributed by atoms with van der Waals surface area (Å²) in [4.78, 5) is 23.2. The van der Waals surface area contributed by atoms with E-state index in [1.54, 1.807) is 19.1 Å². The molecule has 4 N–H and O–H groups in total. The van der Waals surface area contributed by atoms with Gasteiger partial charge in [-0.15, -0.1) is 0 Å². The van der Waals surface area contributed by atoms with E-state index in [1.165, 1.54) is 33.2 Å². The number of esters is 1. The Hall–Kier alpha value is -2.25. The molecule has 1 aliphatic rings. The SMILES string of the molecule is CCOC(=O)CN(C)P(=O)(OC[C@H]1OC(O)[C@H](NC(C)=O)[C@@H](O)[C@@H]1O)Oc1ccc(OC)cc1. The first-order chi connectivity index (χ1) is 16.0. The summed E-state index contributed by atoms with van der Waals surface area (Å²) < 4.78 is 40.9. The second-order valence-corrected chi connectivity index (χ2v) is 9.49. The average molecular weight is 506 g/mol. The van der Waals surface area contributed by atoms with Gasteiger partial charge in [0.15, 0.2) is 6.29 Å². The first kappa shape index (κ1) is 28.0. The van der Waals surface area contributed by atoms with Gasteiger partial charge in [0.1, 0.15) is 42.4 Å². The van der Waals surface area contributed by atoms with Crippen LogP contribution in [0.2, 0.25) is 0 Å². The van der Waals surface area contributed by atoms with Crippen LogP contribution in [0.3, 0.4) is 0 Å². The van der Waals surface area contributed by atoms with Gasteiger partial charge in [0.25, 0.3) is 0 Å². The molecule has 34 heavy (non-hydrogen) atoms. The highest BCUT2D eigenvalue weighted by molar-refractivity contribution is 7.51. The van der Waals surface area contributed by atoms with Crippen LogP contribution in [0.1, 0.15) is 13.8 Å². The van der Waals surface area contributed by atoms with Crippen LogP contribution in [0.15, 0.2) is 24.3 Å². The zero-order valence-corrected chi connectivity index (χ0v) is 20.2. The molecule has 0 spiro atoms. The molecule has 0 aromatic heterocycles. The number of hydrogen-bond acceptors (Lipinski definition) is 11. The molecule has 0 saturated carbocycles. The number of hydrogen-bond donors (Lipinski definition) is 4. The van der Waals surface area contributed by atoms with E-state index >= 15 is 0 Å². The van der Waals surface area contributed by atoms with E-state index in [1.807, 2.05) is 0 Å². The molecule has 1 fully saturated rings. The van der Waals surface area contributed by atoms with Gasteiger partial charge >= 0.3 is 13.7 Å². The van der Waals surface area contributed by atoms with Crippen LogP contribution < -0.4 is 14.6 Å². The minimum Gasteiger partial charge on any atom is -0.497 e. The molecule has 13 nitrogen and oxygen atoms in total. The zero-order valence-electron chi connectivity index (χ0n) is 19.3. The number of likely N-dealkylation sites (N-methyl/N-ethyl adjacent to an activating group) is 1. The summed E-state index contributed by atoms with van der Waals surface area (Å²) in [5, 5.41) is 33.1. The number of aliphatic hydroxyl groups excluding tert-OH is 3. The van der Waals surface area contributed by atoms with E-state index in [0.717, 1.165) is 4.67 Å². The van der Waals surface area contributed by atoms with Crippen LogP contribution in [0.5, 0.6) is 11.5 Å². The predicted octanol–water partition coefficient (Wildman–Crippen LogP) is -0.363. The van der Waals surface area contributed by atoms with Gasteiger partial charge in [-0.1, -0.05) is 0 Å². The number of methoxy groups -OCH3 is 1. The van der Waals surface area contributed by atoms with Gasteiger partial charge in [-0.25, -0.2) is 4.57 Å². The number of rotatable bonds is 11. The van der Waals surface area contributed by atoms with Gasteiger partial charge in [0.2, 0.25) is 5.91 Å². The summed E-state index contributed by atoms with van der Waals surface area (Å²) in [6.07, 6.45) is -6.21. The maximum absolute atomic E-state index is 13.6. The largest absolute Gasteiger partial charge is 0.497 e. The number of amides is 1. The van der Waals surface area contributed by atoms with Crippen molar-refractivity contribution >= 4 is 19.6 Å². The number of carbonyl (C=O) groups excluding carboxylic acids is 2. The van der Waals surface area contributed by atoms with Crippen molar-refractivity contribution in [2.45, 2.75) is 44.5 Å². The van der Waals surface area contributed by atoms with E-state index in [0.29, 0.717) is 5.75 Å². The van der Waals surface area contributed by atoms with Crippen LogP contribution in [0.25, 0.3) is 0 Å². The second-order valence-electron chi connectivity index (χ2n) is 7.42. The summed E-state index contributed by atoms with van der Waals surface area (Å²) in [6.45, 7) is 1.88. The number of nitrogens with one attached hydrogen (secondary N) is 1. The predicted molar refractivity (Wildman–Crippen MR) is 117 cm³/mol. The Bertz CT molecular complexity index is 869.